The van der Waals surface area contributed by atoms with Crippen LogP contribution in [-0.2, 0) is 6.54 Å². The molecule has 2 bridgehead atoms. The first-order valence-electron chi connectivity index (χ1n) is 6.34. The summed E-state index contributed by atoms with van der Waals surface area (Å²) in [6, 6.07) is 8.63. The Morgan fingerprint density at radius 1 is 1.06 bits per heavy atom. The summed E-state index contributed by atoms with van der Waals surface area (Å²) in [5.41, 5.74) is 0.862. The molecule has 0 saturated carbocycles. The standard InChI is InChI=1S/C14H18FN/c15-14-7-2-1-4-11(14)10-16-12-5-3-6-13(16)9-8-12/h1-2,4,7,12-13H,3,5-6,8-10H2/t12-,13?/m1/s1. The molecule has 0 radical (unpaired) electrons. The van der Waals surface area contributed by atoms with Crippen LogP contribution in [0, 0.1) is 5.82 Å². The Morgan fingerprint density at radius 3 is 2.44 bits per heavy atom. The highest BCUT2D eigenvalue weighted by atomic mass is 19.1. The van der Waals surface area contributed by atoms with E-state index in [2.05, 4.69) is 4.90 Å². The predicted octanol–water partition coefficient (Wildman–Crippen LogP) is 3.34. The second-order valence-corrected chi connectivity index (χ2v) is 5.08. The number of hydrogen-bond donors (Lipinski definition) is 0. The minimum Gasteiger partial charge on any atom is -0.293 e. The molecule has 1 unspecified atom stereocenters. The third-order valence-electron chi connectivity index (χ3n) is 4.16. The molecule has 2 aliphatic heterocycles. The highest BCUT2D eigenvalue weighted by molar-refractivity contribution is 5.17. The van der Waals surface area contributed by atoms with Crippen molar-refractivity contribution in [2.75, 3.05) is 0 Å². The number of benzene rings is 1. The molecule has 3 rings (SSSR count). The second-order valence-electron chi connectivity index (χ2n) is 5.08. The number of fused-ring (bicyclic) bond motifs is 2. The molecule has 86 valence electrons. The molecule has 0 aromatic heterocycles. The molecule has 16 heavy (non-hydrogen) atoms. The van der Waals surface area contributed by atoms with Gasteiger partial charge in [0.25, 0.3) is 0 Å². The predicted molar refractivity (Wildman–Crippen MR) is 62.6 cm³/mol. The monoisotopic (exact) mass is 219 g/mol. The Bertz CT molecular complexity index is 361. The van der Waals surface area contributed by atoms with Crippen molar-refractivity contribution in [1.29, 1.82) is 0 Å². The van der Waals surface area contributed by atoms with Crippen molar-refractivity contribution in [3.05, 3.63) is 35.6 Å². The van der Waals surface area contributed by atoms with Gasteiger partial charge in [0.2, 0.25) is 0 Å². The van der Waals surface area contributed by atoms with Gasteiger partial charge in [-0.1, -0.05) is 24.6 Å². The van der Waals surface area contributed by atoms with Crippen LogP contribution in [0.3, 0.4) is 0 Å². The third kappa shape index (κ3) is 1.75. The van der Waals surface area contributed by atoms with Gasteiger partial charge in [0.1, 0.15) is 5.82 Å². The Morgan fingerprint density at radius 2 is 1.75 bits per heavy atom. The van der Waals surface area contributed by atoms with Crippen molar-refractivity contribution < 1.29 is 4.39 Å². The van der Waals surface area contributed by atoms with E-state index in [1.807, 2.05) is 12.1 Å². The summed E-state index contributed by atoms with van der Waals surface area (Å²) < 4.78 is 13.6. The van der Waals surface area contributed by atoms with E-state index in [4.69, 9.17) is 0 Å². The molecule has 2 heteroatoms. The van der Waals surface area contributed by atoms with Gasteiger partial charge in [0, 0.05) is 24.2 Å². The first kappa shape index (κ1) is 10.3. The van der Waals surface area contributed by atoms with Crippen molar-refractivity contribution in [3.8, 4) is 0 Å². The van der Waals surface area contributed by atoms with E-state index in [-0.39, 0.29) is 5.82 Å². The van der Waals surface area contributed by atoms with Gasteiger partial charge >= 0.3 is 0 Å². The van der Waals surface area contributed by atoms with Crippen molar-refractivity contribution in [2.24, 2.45) is 0 Å². The molecule has 0 N–H and O–H groups in total. The number of rotatable bonds is 2. The fourth-order valence-corrected chi connectivity index (χ4v) is 3.31. The lowest BCUT2D eigenvalue weighted by molar-refractivity contribution is 0.130. The quantitative estimate of drug-likeness (QED) is 0.737. The Labute approximate surface area is 96.3 Å². The first-order chi connectivity index (χ1) is 7.84. The Hall–Kier alpha value is -0.890. The fraction of sp³-hybridized carbons (Fsp3) is 0.571. The van der Waals surface area contributed by atoms with Crippen LogP contribution in [0.25, 0.3) is 0 Å². The van der Waals surface area contributed by atoms with E-state index in [1.165, 1.54) is 32.1 Å². The van der Waals surface area contributed by atoms with E-state index in [0.29, 0.717) is 0 Å². The normalized spacial score (nSPS) is 29.6. The summed E-state index contributed by atoms with van der Waals surface area (Å²) in [5, 5.41) is 0. The molecule has 2 aliphatic rings. The summed E-state index contributed by atoms with van der Waals surface area (Å²) in [7, 11) is 0. The van der Waals surface area contributed by atoms with Crippen LogP contribution in [-0.4, -0.2) is 17.0 Å². The molecule has 0 amide bonds. The largest absolute Gasteiger partial charge is 0.293 e. The highest BCUT2D eigenvalue weighted by Gasteiger charge is 2.36. The summed E-state index contributed by atoms with van der Waals surface area (Å²) in [5.74, 6) is -0.0486. The van der Waals surface area contributed by atoms with Crippen LogP contribution in [0.5, 0.6) is 0 Å². The molecule has 0 aliphatic carbocycles. The molecule has 2 atom stereocenters. The second kappa shape index (κ2) is 4.17. The van der Waals surface area contributed by atoms with Crippen LogP contribution in [0.1, 0.15) is 37.7 Å². The summed E-state index contributed by atoms with van der Waals surface area (Å²) in [6.45, 7) is 0.808. The smallest absolute Gasteiger partial charge is 0.127 e. The third-order valence-corrected chi connectivity index (χ3v) is 4.16. The molecule has 2 fully saturated rings. The van der Waals surface area contributed by atoms with E-state index >= 15 is 0 Å². The minimum atomic E-state index is -0.0486. The molecule has 1 aromatic carbocycles. The van der Waals surface area contributed by atoms with Gasteiger partial charge in [-0.05, 0) is 31.7 Å². The zero-order valence-corrected chi connectivity index (χ0v) is 9.53. The van der Waals surface area contributed by atoms with E-state index in [9.17, 15) is 4.39 Å². The minimum absolute atomic E-state index is 0.0486. The van der Waals surface area contributed by atoms with Crippen molar-refractivity contribution in [3.63, 3.8) is 0 Å². The molecule has 0 spiro atoms. The Balaban J connectivity index is 1.78. The molecular weight excluding hydrogens is 201 g/mol. The van der Waals surface area contributed by atoms with Crippen molar-refractivity contribution in [1.82, 2.24) is 4.90 Å². The van der Waals surface area contributed by atoms with E-state index in [1.54, 1.807) is 12.1 Å². The van der Waals surface area contributed by atoms with Crippen LogP contribution in [0.4, 0.5) is 4.39 Å². The van der Waals surface area contributed by atoms with Crippen molar-refractivity contribution in [2.45, 2.75) is 50.7 Å². The summed E-state index contributed by atoms with van der Waals surface area (Å²) in [4.78, 5) is 2.53. The van der Waals surface area contributed by atoms with Gasteiger partial charge in [-0.25, -0.2) is 4.39 Å². The number of hydrogen-bond acceptors (Lipinski definition) is 1. The van der Waals surface area contributed by atoms with E-state index in [0.717, 1.165) is 24.2 Å². The molecular formula is C14H18FN. The molecule has 2 saturated heterocycles. The molecule has 1 nitrogen and oxygen atoms in total. The molecule has 2 heterocycles. The maximum atomic E-state index is 13.6. The zero-order chi connectivity index (χ0) is 11.0. The first-order valence-corrected chi connectivity index (χ1v) is 6.34. The number of piperidine rings is 1. The van der Waals surface area contributed by atoms with E-state index < -0.39 is 0 Å². The topological polar surface area (TPSA) is 3.24 Å². The van der Waals surface area contributed by atoms with Gasteiger partial charge in [0.05, 0.1) is 0 Å². The van der Waals surface area contributed by atoms with Crippen LogP contribution in [0.15, 0.2) is 24.3 Å². The maximum absolute atomic E-state index is 13.6. The maximum Gasteiger partial charge on any atom is 0.127 e. The van der Waals surface area contributed by atoms with Gasteiger partial charge < -0.3 is 0 Å². The Kier molecular flexibility index (Phi) is 2.68. The van der Waals surface area contributed by atoms with Crippen molar-refractivity contribution >= 4 is 0 Å². The highest BCUT2D eigenvalue weighted by Crippen LogP contribution is 2.36. The lowest BCUT2D eigenvalue weighted by atomic mass is 10.0. The average molecular weight is 219 g/mol. The number of halogens is 1. The summed E-state index contributed by atoms with van der Waals surface area (Å²) in [6.07, 6.45) is 6.62. The SMILES string of the molecule is Fc1ccccc1CN1C2CCC[C@@H]1CC2. The lowest BCUT2D eigenvalue weighted by Crippen LogP contribution is -2.39. The molecule has 1 aromatic rings. The average Bonchev–Trinajstić information content (AvgIpc) is 2.53. The van der Waals surface area contributed by atoms with Gasteiger partial charge in [0.15, 0.2) is 0 Å². The van der Waals surface area contributed by atoms with Gasteiger partial charge in [-0.2, -0.15) is 0 Å². The zero-order valence-electron chi connectivity index (χ0n) is 9.53. The lowest BCUT2D eigenvalue weighted by Gasteiger charge is -2.34. The van der Waals surface area contributed by atoms with Crippen LogP contribution in [0.2, 0.25) is 0 Å². The van der Waals surface area contributed by atoms with Gasteiger partial charge in [-0.15, -0.1) is 0 Å². The van der Waals surface area contributed by atoms with Gasteiger partial charge in [-0.3, -0.25) is 4.90 Å². The number of nitrogens with zero attached hydrogens (tertiary/aromatic N) is 1. The fourth-order valence-electron chi connectivity index (χ4n) is 3.31. The van der Waals surface area contributed by atoms with Crippen LogP contribution >= 0.6 is 0 Å². The summed E-state index contributed by atoms with van der Waals surface area (Å²) >= 11 is 0. The van der Waals surface area contributed by atoms with Crippen LogP contribution < -0.4 is 0 Å².